The molecule has 1 aromatic carbocycles. The lowest BCUT2D eigenvalue weighted by Crippen LogP contribution is -2.31. The fourth-order valence-electron chi connectivity index (χ4n) is 2.07. The first kappa shape index (κ1) is 13.8. The molecule has 0 spiro atoms. The number of carbonyl (C=O) groups excluding carboxylic acids is 2. The van der Waals surface area contributed by atoms with Gasteiger partial charge in [0.25, 0.3) is 0 Å². The third-order valence-electron chi connectivity index (χ3n) is 3.60. The van der Waals surface area contributed by atoms with Gasteiger partial charge in [-0.25, -0.2) is 0 Å². The van der Waals surface area contributed by atoms with Crippen LogP contribution in [0, 0.1) is 5.92 Å². The van der Waals surface area contributed by atoms with Crippen molar-refractivity contribution in [3.8, 4) is 0 Å². The van der Waals surface area contributed by atoms with Crippen LogP contribution in [0.3, 0.4) is 0 Å². The van der Waals surface area contributed by atoms with E-state index in [1.54, 1.807) is 6.92 Å². The van der Waals surface area contributed by atoms with Gasteiger partial charge in [-0.1, -0.05) is 18.2 Å². The molecule has 102 valence electrons. The monoisotopic (exact) mass is 260 g/mol. The van der Waals surface area contributed by atoms with Crippen LogP contribution < -0.4 is 0 Å². The molecule has 0 unspecified atom stereocenters. The van der Waals surface area contributed by atoms with Crippen molar-refractivity contribution in [2.75, 3.05) is 6.61 Å². The first-order valence-corrected chi connectivity index (χ1v) is 6.78. The predicted molar refractivity (Wildman–Crippen MR) is 73.2 cm³/mol. The average Bonchev–Trinajstić information content (AvgIpc) is 3.22. The number of rotatable bonds is 5. The molecule has 0 aliphatic heterocycles. The Morgan fingerprint density at radius 1 is 1.32 bits per heavy atom. The van der Waals surface area contributed by atoms with Gasteiger partial charge in [-0.15, -0.1) is 0 Å². The molecule has 0 saturated heterocycles. The van der Waals surface area contributed by atoms with E-state index in [2.05, 4.69) is 0 Å². The molecule has 2 rings (SSSR count). The van der Waals surface area contributed by atoms with Crippen LogP contribution in [0.1, 0.15) is 49.5 Å². The Morgan fingerprint density at radius 2 is 2.00 bits per heavy atom. The molecule has 1 aromatic rings. The van der Waals surface area contributed by atoms with E-state index in [4.69, 9.17) is 4.74 Å². The summed E-state index contributed by atoms with van der Waals surface area (Å²) in [5, 5.41) is 0. The predicted octanol–water partition coefficient (Wildman–Crippen LogP) is 3.12. The number of ether oxygens (including phenoxy) is 1. The lowest BCUT2D eigenvalue weighted by Gasteiger charge is -2.23. The van der Waals surface area contributed by atoms with Crippen molar-refractivity contribution in [2.45, 2.75) is 39.0 Å². The molecule has 0 bridgehead atoms. The van der Waals surface area contributed by atoms with Gasteiger partial charge in [-0.2, -0.15) is 0 Å². The van der Waals surface area contributed by atoms with Gasteiger partial charge in [0, 0.05) is 11.5 Å². The molecule has 19 heavy (non-hydrogen) atoms. The van der Waals surface area contributed by atoms with E-state index < -0.39 is 5.41 Å². The van der Waals surface area contributed by atoms with Gasteiger partial charge in [0.2, 0.25) is 0 Å². The molecule has 0 aromatic heterocycles. The summed E-state index contributed by atoms with van der Waals surface area (Å²) < 4.78 is 5.10. The quantitative estimate of drug-likeness (QED) is 0.603. The summed E-state index contributed by atoms with van der Waals surface area (Å²) in [6, 6.07) is 7.37. The van der Waals surface area contributed by atoms with Crippen LogP contribution >= 0.6 is 0 Å². The number of carbonyl (C=O) groups is 2. The highest BCUT2D eigenvalue weighted by molar-refractivity contribution is 5.99. The molecule has 0 radical (unpaired) electrons. The molecule has 3 heteroatoms. The fraction of sp³-hybridized carbons (Fsp3) is 0.500. The smallest absolute Gasteiger partial charge is 0.315 e. The number of benzene rings is 1. The number of esters is 1. The first-order chi connectivity index (χ1) is 8.96. The number of hydrogen-bond donors (Lipinski definition) is 0. The van der Waals surface area contributed by atoms with Gasteiger partial charge in [0.05, 0.1) is 12.0 Å². The van der Waals surface area contributed by atoms with E-state index in [1.165, 1.54) is 0 Å². The summed E-state index contributed by atoms with van der Waals surface area (Å²) in [5.41, 5.74) is 0.811. The van der Waals surface area contributed by atoms with Gasteiger partial charge in [-0.05, 0) is 45.2 Å². The topological polar surface area (TPSA) is 43.4 Å². The summed E-state index contributed by atoms with van der Waals surface area (Å²) in [7, 11) is 0. The third kappa shape index (κ3) is 2.86. The van der Waals surface area contributed by atoms with Crippen LogP contribution in [-0.2, 0) is 14.9 Å². The molecule has 0 N–H and O–H groups in total. The van der Waals surface area contributed by atoms with E-state index in [0.717, 1.165) is 18.4 Å². The number of ketones is 1. The fourth-order valence-corrected chi connectivity index (χ4v) is 2.07. The van der Waals surface area contributed by atoms with Crippen LogP contribution in [0.25, 0.3) is 0 Å². The minimum absolute atomic E-state index is 0.195. The second kappa shape index (κ2) is 5.16. The molecule has 1 fully saturated rings. The summed E-state index contributed by atoms with van der Waals surface area (Å²) >= 11 is 0. The van der Waals surface area contributed by atoms with Crippen LogP contribution in [-0.4, -0.2) is 18.4 Å². The van der Waals surface area contributed by atoms with Crippen LogP contribution in [0.4, 0.5) is 0 Å². The van der Waals surface area contributed by atoms with Crippen molar-refractivity contribution >= 4 is 11.8 Å². The highest BCUT2D eigenvalue weighted by Gasteiger charge is 2.34. The molecule has 1 saturated carbocycles. The number of Topliss-reactive ketones (excluding diaryl/α,β-unsaturated/α-hetero) is 1. The molecule has 0 amide bonds. The standard InChI is InChI=1S/C16H20O3/c1-4-19-15(18)16(2,3)13-7-5-6-12(10-13)14(17)11-8-9-11/h5-7,10-11H,4,8-9H2,1-3H3. The SMILES string of the molecule is CCOC(=O)C(C)(C)c1cccc(C(=O)C2CC2)c1. The third-order valence-corrected chi connectivity index (χ3v) is 3.60. The molecule has 0 atom stereocenters. The van der Waals surface area contributed by atoms with Crippen molar-refractivity contribution in [3.05, 3.63) is 35.4 Å². The van der Waals surface area contributed by atoms with Gasteiger partial charge in [0.1, 0.15) is 0 Å². The average molecular weight is 260 g/mol. The van der Waals surface area contributed by atoms with Crippen LogP contribution in [0.5, 0.6) is 0 Å². The van der Waals surface area contributed by atoms with Crippen molar-refractivity contribution in [1.82, 2.24) is 0 Å². The Bertz CT molecular complexity index is 498. The molecular weight excluding hydrogens is 240 g/mol. The van der Waals surface area contributed by atoms with E-state index in [-0.39, 0.29) is 17.7 Å². The lowest BCUT2D eigenvalue weighted by atomic mass is 9.83. The maximum absolute atomic E-state index is 12.1. The van der Waals surface area contributed by atoms with E-state index >= 15 is 0 Å². The number of hydrogen-bond acceptors (Lipinski definition) is 3. The first-order valence-electron chi connectivity index (χ1n) is 6.78. The summed E-state index contributed by atoms with van der Waals surface area (Å²) in [4.78, 5) is 24.1. The maximum Gasteiger partial charge on any atom is 0.315 e. The maximum atomic E-state index is 12.1. The zero-order valence-corrected chi connectivity index (χ0v) is 11.7. The second-order valence-corrected chi connectivity index (χ2v) is 5.56. The highest BCUT2D eigenvalue weighted by atomic mass is 16.5. The van der Waals surface area contributed by atoms with Crippen molar-refractivity contribution in [1.29, 1.82) is 0 Å². The second-order valence-electron chi connectivity index (χ2n) is 5.56. The Hall–Kier alpha value is -1.64. The normalized spacial score (nSPS) is 15.1. The Morgan fingerprint density at radius 3 is 2.58 bits per heavy atom. The Balaban J connectivity index is 2.26. The van der Waals surface area contributed by atoms with Crippen LogP contribution in [0.2, 0.25) is 0 Å². The molecule has 3 nitrogen and oxygen atoms in total. The van der Waals surface area contributed by atoms with E-state index in [0.29, 0.717) is 12.2 Å². The zero-order valence-electron chi connectivity index (χ0n) is 11.7. The summed E-state index contributed by atoms with van der Waals surface area (Å²) in [6.07, 6.45) is 1.98. The molecule has 1 aliphatic rings. The summed E-state index contributed by atoms with van der Waals surface area (Å²) in [6.45, 7) is 5.81. The molecule has 0 heterocycles. The highest BCUT2D eigenvalue weighted by Crippen LogP contribution is 2.34. The largest absolute Gasteiger partial charge is 0.465 e. The van der Waals surface area contributed by atoms with E-state index in [1.807, 2.05) is 38.1 Å². The van der Waals surface area contributed by atoms with Crippen LogP contribution in [0.15, 0.2) is 24.3 Å². The van der Waals surface area contributed by atoms with Gasteiger partial charge >= 0.3 is 5.97 Å². The van der Waals surface area contributed by atoms with Gasteiger partial charge < -0.3 is 4.74 Å². The van der Waals surface area contributed by atoms with Crippen molar-refractivity contribution < 1.29 is 14.3 Å². The Kier molecular flexibility index (Phi) is 3.74. The van der Waals surface area contributed by atoms with Crippen molar-refractivity contribution in [3.63, 3.8) is 0 Å². The minimum atomic E-state index is -0.726. The molecule has 1 aliphatic carbocycles. The minimum Gasteiger partial charge on any atom is -0.465 e. The lowest BCUT2D eigenvalue weighted by molar-refractivity contribution is -0.148. The zero-order chi connectivity index (χ0) is 14.0. The van der Waals surface area contributed by atoms with E-state index in [9.17, 15) is 9.59 Å². The summed E-state index contributed by atoms with van der Waals surface area (Å²) in [5.74, 6) is 0.133. The van der Waals surface area contributed by atoms with Gasteiger partial charge in [0.15, 0.2) is 5.78 Å². The van der Waals surface area contributed by atoms with Gasteiger partial charge in [-0.3, -0.25) is 9.59 Å². The molecular formula is C16H20O3. The van der Waals surface area contributed by atoms with Crippen molar-refractivity contribution in [2.24, 2.45) is 5.92 Å². The Labute approximate surface area is 114 Å².